The molecular weight excluding hydrogens is 350 g/mol. The van der Waals surface area contributed by atoms with Crippen LogP contribution in [-0.4, -0.2) is 38.2 Å². The zero-order valence-electron chi connectivity index (χ0n) is 15.6. The van der Waals surface area contributed by atoms with E-state index in [4.69, 9.17) is 4.74 Å². The number of benzene rings is 2. The van der Waals surface area contributed by atoms with Gasteiger partial charge in [-0.1, -0.05) is 0 Å². The molecule has 0 atom stereocenters. The molecule has 7 nitrogen and oxygen atoms in total. The predicted molar refractivity (Wildman–Crippen MR) is 99.3 cm³/mol. The fourth-order valence-corrected chi connectivity index (χ4v) is 2.33. The fraction of sp³-hybridized carbons (Fsp3) is 0.250. The molecule has 0 heterocycles. The molecule has 0 fully saturated rings. The molecule has 0 bridgehead atoms. The predicted octanol–water partition coefficient (Wildman–Crippen LogP) is 3.30. The van der Waals surface area contributed by atoms with Gasteiger partial charge < -0.3 is 19.5 Å². The zero-order valence-corrected chi connectivity index (χ0v) is 15.6. The Kier molecular flexibility index (Phi) is 6.54. The van der Waals surface area contributed by atoms with Crippen LogP contribution in [0.5, 0.6) is 5.75 Å². The molecule has 0 aliphatic rings. The molecule has 0 spiro atoms. The molecule has 1 amide bonds. The summed E-state index contributed by atoms with van der Waals surface area (Å²) in [6.45, 7) is 3.82. The van der Waals surface area contributed by atoms with Crippen LogP contribution in [0.3, 0.4) is 0 Å². The number of hydrogen-bond donors (Lipinski definition) is 1. The molecule has 27 heavy (non-hydrogen) atoms. The third kappa shape index (κ3) is 5.31. The second-order valence-electron chi connectivity index (χ2n) is 5.93. The maximum Gasteiger partial charge on any atom is 0.337 e. The molecule has 0 radical (unpaired) electrons. The molecule has 2 aromatic rings. The van der Waals surface area contributed by atoms with Crippen molar-refractivity contribution in [3.63, 3.8) is 0 Å². The molecule has 0 unspecified atom stereocenters. The van der Waals surface area contributed by atoms with E-state index in [0.29, 0.717) is 11.3 Å². The van der Waals surface area contributed by atoms with Gasteiger partial charge in [-0.25, -0.2) is 9.59 Å². The molecule has 0 saturated carbocycles. The molecule has 2 aromatic carbocycles. The SMILES string of the molecule is COC(=O)c1cc(NC(=O)c2ccc(OC(C)C)cc2)cc(C(=O)OC)c1. The highest BCUT2D eigenvalue weighted by Crippen LogP contribution is 2.19. The van der Waals surface area contributed by atoms with E-state index < -0.39 is 17.8 Å². The van der Waals surface area contributed by atoms with Gasteiger partial charge in [0, 0.05) is 11.3 Å². The Morgan fingerprint density at radius 2 is 1.33 bits per heavy atom. The maximum atomic E-state index is 12.5. The van der Waals surface area contributed by atoms with Crippen LogP contribution >= 0.6 is 0 Å². The molecule has 0 saturated heterocycles. The lowest BCUT2D eigenvalue weighted by atomic mass is 10.1. The van der Waals surface area contributed by atoms with Gasteiger partial charge in [-0.05, 0) is 56.3 Å². The average molecular weight is 371 g/mol. The Bertz CT molecular complexity index is 808. The van der Waals surface area contributed by atoms with Gasteiger partial charge >= 0.3 is 11.9 Å². The van der Waals surface area contributed by atoms with Crippen molar-refractivity contribution in [1.82, 2.24) is 0 Å². The highest BCUT2D eigenvalue weighted by atomic mass is 16.5. The number of anilines is 1. The summed E-state index contributed by atoms with van der Waals surface area (Å²) in [6.07, 6.45) is 0.0301. The molecular formula is C20H21NO6. The number of carbonyl (C=O) groups is 3. The van der Waals surface area contributed by atoms with Crippen molar-refractivity contribution in [2.24, 2.45) is 0 Å². The van der Waals surface area contributed by atoms with Gasteiger partial charge in [0.25, 0.3) is 5.91 Å². The summed E-state index contributed by atoms with van der Waals surface area (Å²) < 4.78 is 14.9. The number of carbonyl (C=O) groups excluding carboxylic acids is 3. The molecule has 0 aliphatic heterocycles. The van der Waals surface area contributed by atoms with Crippen molar-refractivity contribution in [3.8, 4) is 5.75 Å². The first-order chi connectivity index (χ1) is 12.8. The lowest BCUT2D eigenvalue weighted by Gasteiger charge is -2.11. The van der Waals surface area contributed by atoms with Crippen LogP contribution in [0.1, 0.15) is 44.9 Å². The minimum Gasteiger partial charge on any atom is -0.491 e. The minimum atomic E-state index is -0.633. The van der Waals surface area contributed by atoms with Crippen LogP contribution in [0.25, 0.3) is 0 Å². The van der Waals surface area contributed by atoms with Crippen LogP contribution in [0.2, 0.25) is 0 Å². The van der Waals surface area contributed by atoms with E-state index in [1.165, 1.54) is 32.4 Å². The molecule has 7 heteroatoms. The van der Waals surface area contributed by atoms with E-state index in [9.17, 15) is 14.4 Å². The summed E-state index contributed by atoms with van der Waals surface area (Å²) in [5, 5.41) is 2.66. The number of esters is 2. The third-order valence-corrected chi connectivity index (χ3v) is 3.52. The Morgan fingerprint density at radius 3 is 1.78 bits per heavy atom. The van der Waals surface area contributed by atoms with Gasteiger partial charge in [-0.15, -0.1) is 0 Å². The number of rotatable bonds is 6. The summed E-state index contributed by atoms with van der Waals surface area (Å²) in [6, 6.07) is 10.8. The normalized spacial score (nSPS) is 10.3. The summed E-state index contributed by atoms with van der Waals surface area (Å²) in [5.41, 5.74) is 0.910. The smallest absolute Gasteiger partial charge is 0.337 e. The second-order valence-corrected chi connectivity index (χ2v) is 5.93. The van der Waals surface area contributed by atoms with Crippen molar-refractivity contribution in [1.29, 1.82) is 0 Å². The highest BCUT2D eigenvalue weighted by molar-refractivity contribution is 6.06. The molecule has 142 valence electrons. The number of ether oxygens (including phenoxy) is 3. The Hall–Kier alpha value is -3.35. The van der Waals surface area contributed by atoms with Gasteiger partial charge in [0.1, 0.15) is 5.75 Å². The van der Waals surface area contributed by atoms with E-state index in [2.05, 4.69) is 14.8 Å². The van der Waals surface area contributed by atoms with E-state index >= 15 is 0 Å². The van der Waals surface area contributed by atoms with Crippen LogP contribution < -0.4 is 10.1 Å². The number of nitrogens with one attached hydrogen (secondary N) is 1. The lowest BCUT2D eigenvalue weighted by Crippen LogP contribution is -2.14. The van der Waals surface area contributed by atoms with E-state index in [-0.39, 0.29) is 22.9 Å². The number of hydrogen-bond acceptors (Lipinski definition) is 6. The van der Waals surface area contributed by atoms with Gasteiger partial charge in [0.2, 0.25) is 0 Å². The van der Waals surface area contributed by atoms with Crippen LogP contribution in [0.4, 0.5) is 5.69 Å². The largest absolute Gasteiger partial charge is 0.491 e. The average Bonchev–Trinajstić information content (AvgIpc) is 2.66. The van der Waals surface area contributed by atoms with Crippen molar-refractivity contribution in [3.05, 3.63) is 59.2 Å². The van der Waals surface area contributed by atoms with E-state index in [1.54, 1.807) is 24.3 Å². The molecule has 1 N–H and O–H groups in total. The Morgan fingerprint density at radius 1 is 0.815 bits per heavy atom. The third-order valence-electron chi connectivity index (χ3n) is 3.52. The fourth-order valence-electron chi connectivity index (χ4n) is 2.33. The lowest BCUT2D eigenvalue weighted by molar-refractivity contribution is 0.0599. The number of amides is 1. The minimum absolute atomic E-state index is 0.0301. The first-order valence-electron chi connectivity index (χ1n) is 8.24. The van der Waals surface area contributed by atoms with Crippen LogP contribution in [-0.2, 0) is 9.47 Å². The Balaban J connectivity index is 2.25. The first kappa shape index (κ1) is 20.0. The van der Waals surface area contributed by atoms with Crippen molar-refractivity contribution >= 4 is 23.5 Å². The summed E-state index contributed by atoms with van der Waals surface area (Å²) in [5.74, 6) is -1.01. The summed E-state index contributed by atoms with van der Waals surface area (Å²) in [7, 11) is 2.46. The van der Waals surface area contributed by atoms with Gasteiger partial charge in [-0.3, -0.25) is 4.79 Å². The topological polar surface area (TPSA) is 90.9 Å². The molecule has 2 rings (SSSR count). The van der Waals surface area contributed by atoms with Gasteiger partial charge in [0.05, 0.1) is 31.5 Å². The Labute approximate surface area is 157 Å². The quantitative estimate of drug-likeness (QED) is 0.784. The van der Waals surface area contributed by atoms with E-state index in [1.807, 2.05) is 13.8 Å². The monoisotopic (exact) mass is 371 g/mol. The number of methoxy groups -OCH3 is 2. The van der Waals surface area contributed by atoms with E-state index in [0.717, 1.165) is 0 Å². The van der Waals surface area contributed by atoms with Crippen molar-refractivity contribution in [2.45, 2.75) is 20.0 Å². The highest BCUT2D eigenvalue weighted by Gasteiger charge is 2.15. The van der Waals surface area contributed by atoms with Crippen LogP contribution in [0, 0.1) is 0 Å². The zero-order chi connectivity index (χ0) is 20.0. The summed E-state index contributed by atoms with van der Waals surface area (Å²) in [4.78, 5) is 36.1. The van der Waals surface area contributed by atoms with Gasteiger partial charge in [0.15, 0.2) is 0 Å². The molecule has 0 aliphatic carbocycles. The maximum absolute atomic E-state index is 12.5. The van der Waals surface area contributed by atoms with Crippen molar-refractivity contribution < 1.29 is 28.6 Å². The van der Waals surface area contributed by atoms with Crippen LogP contribution in [0.15, 0.2) is 42.5 Å². The first-order valence-corrected chi connectivity index (χ1v) is 8.24. The van der Waals surface area contributed by atoms with Gasteiger partial charge in [-0.2, -0.15) is 0 Å². The van der Waals surface area contributed by atoms with Crippen molar-refractivity contribution in [2.75, 3.05) is 19.5 Å². The summed E-state index contributed by atoms with van der Waals surface area (Å²) >= 11 is 0. The standard InChI is InChI=1S/C20H21NO6/c1-12(2)27-17-7-5-13(6-8-17)18(22)21-16-10-14(19(23)25-3)9-15(11-16)20(24)26-4/h5-12H,1-4H3,(H,21,22). The second kappa shape index (κ2) is 8.84. The molecule has 0 aromatic heterocycles.